The van der Waals surface area contributed by atoms with Gasteiger partial charge in [0.25, 0.3) is 15.9 Å². The maximum absolute atomic E-state index is 12.7. The lowest BCUT2D eigenvalue weighted by molar-refractivity contribution is 0.0773. The Hall–Kier alpha value is -3.32. The monoisotopic (exact) mass is 438 g/mol. The van der Waals surface area contributed by atoms with Crippen LogP contribution in [0.15, 0.2) is 77.7 Å². The lowest BCUT2D eigenvalue weighted by atomic mass is 10.1. The van der Waals surface area contributed by atoms with E-state index in [1.54, 1.807) is 24.1 Å². The number of amides is 1. The molecule has 0 heterocycles. The van der Waals surface area contributed by atoms with Gasteiger partial charge in [-0.1, -0.05) is 30.3 Å². The normalized spacial score (nSPS) is 11.1. The third-order valence-electron chi connectivity index (χ3n) is 5.05. The molecule has 0 fully saturated rings. The van der Waals surface area contributed by atoms with Crippen molar-refractivity contribution in [2.24, 2.45) is 0 Å². The van der Waals surface area contributed by atoms with E-state index >= 15 is 0 Å². The molecule has 162 valence electrons. The van der Waals surface area contributed by atoms with E-state index in [2.05, 4.69) is 4.72 Å². The van der Waals surface area contributed by atoms with Gasteiger partial charge >= 0.3 is 0 Å². The predicted molar refractivity (Wildman–Crippen MR) is 122 cm³/mol. The van der Waals surface area contributed by atoms with E-state index in [9.17, 15) is 13.2 Å². The van der Waals surface area contributed by atoms with Gasteiger partial charge in [-0.05, 0) is 67.4 Å². The molecule has 0 saturated heterocycles. The molecule has 31 heavy (non-hydrogen) atoms. The highest BCUT2D eigenvalue weighted by Gasteiger charge is 2.18. The number of aryl methyl sites for hydroxylation is 1. The molecule has 0 spiro atoms. The minimum Gasteiger partial charge on any atom is -0.492 e. The van der Waals surface area contributed by atoms with Gasteiger partial charge in [0.15, 0.2) is 0 Å². The summed E-state index contributed by atoms with van der Waals surface area (Å²) in [6, 6.07) is 20.8. The molecule has 0 bridgehead atoms. The molecule has 0 radical (unpaired) electrons. The van der Waals surface area contributed by atoms with Crippen molar-refractivity contribution in [3.63, 3.8) is 0 Å². The Morgan fingerprint density at radius 2 is 1.61 bits per heavy atom. The molecule has 0 aliphatic carbocycles. The zero-order chi connectivity index (χ0) is 22.4. The van der Waals surface area contributed by atoms with Crippen molar-refractivity contribution in [2.45, 2.75) is 18.7 Å². The Balaban J connectivity index is 1.63. The van der Waals surface area contributed by atoms with E-state index in [1.165, 1.54) is 24.3 Å². The molecule has 7 heteroatoms. The van der Waals surface area contributed by atoms with Gasteiger partial charge in [0.05, 0.1) is 17.1 Å². The number of nitrogens with zero attached hydrogens (tertiary/aromatic N) is 1. The van der Waals surface area contributed by atoms with Gasteiger partial charge in [0.1, 0.15) is 12.4 Å². The Labute approximate surface area is 183 Å². The molecule has 0 saturated carbocycles. The highest BCUT2D eigenvalue weighted by atomic mass is 32.2. The molecule has 0 unspecified atom stereocenters. The average molecular weight is 439 g/mol. The first-order valence-corrected chi connectivity index (χ1v) is 11.4. The maximum atomic E-state index is 12.7. The van der Waals surface area contributed by atoms with Crippen LogP contribution in [0.2, 0.25) is 0 Å². The molecule has 6 nitrogen and oxygen atoms in total. The summed E-state index contributed by atoms with van der Waals surface area (Å²) in [7, 11) is -2.07. The number of sulfonamides is 1. The number of hydrogen-bond acceptors (Lipinski definition) is 4. The van der Waals surface area contributed by atoms with Crippen molar-refractivity contribution in [2.75, 3.05) is 24.9 Å². The van der Waals surface area contributed by atoms with Crippen molar-refractivity contribution < 1.29 is 17.9 Å². The topological polar surface area (TPSA) is 75.7 Å². The summed E-state index contributed by atoms with van der Waals surface area (Å²) >= 11 is 0. The summed E-state index contributed by atoms with van der Waals surface area (Å²) in [5, 5.41) is 0. The Morgan fingerprint density at radius 3 is 2.29 bits per heavy atom. The van der Waals surface area contributed by atoms with Crippen LogP contribution in [0.5, 0.6) is 5.75 Å². The molecule has 3 rings (SSSR count). The number of benzene rings is 3. The minimum absolute atomic E-state index is 0.0972. The quantitative estimate of drug-likeness (QED) is 0.570. The van der Waals surface area contributed by atoms with Crippen molar-refractivity contribution >= 4 is 21.6 Å². The first-order chi connectivity index (χ1) is 14.8. The van der Waals surface area contributed by atoms with Crippen LogP contribution in [0.4, 0.5) is 5.69 Å². The van der Waals surface area contributed by atoms with Crippen LogP contribution < -0.4 is 9.46 Å². The molecular formula is C24H26N2O4S. The zero-order valence-electron chi connectivity index (χ0n) is 17.8. The average Bonchev–Trinajstić information content (AvgIpc) is 2.77. The van der Waals surface area contributed by atoms with E-state index in [0.29, 0.717) is 24.4 Å². The van der Waals surface area contributed by atoms with Crippen LogP contribution in [-0.4, -0.2) is 39.4 Å². The fourth-order valence-corrected chi connectivity index (χ4v) is 4.10. The summed E-state index contributed by atoms with van der Waals surface area (Å²) in [6.07, 6.45) is 0. The minimum atomic E-state index is -3.76. The van der Waals surface area contributed by atoms with E-state index in [0.717, 1.165) is 16.9 Å². The molecule has 3 aromatic carbocycles. The number of hydrogen-bond donors (Lipinski definition) is 1. The Kier molecular flexibility index (Phi) is 6.97. The molecule has 0 aromatic heterocycles. The van der Waals surface area contributed by atoms with Gasteiger partial charge in [0.2, 0.25) is 0 Å². The summed E-state index contributed by atoms with van der Waals surface area (Å²) < 4.78 is 33.7. The second kappa shape index (κ2) is 9.66. The lowest BCUT2D eigenvalue weighted by Crippen LogP contribution is -2.30. The number of anilines is 1. The van der Waals surface area contributed by atoms with Gasteiger partial charge in [-0.25, -0.2) is 8.42 Å². The first kappa shape index (κ1) is 22.4. The fourth-order valence-electron chi connectivity index (χ4n) is 2.98. The second-order valence-electron chi connectivity index (χ2n) is 7.27. The number of rotatable bonds is 8. The molecular weight excluding hydrogens is 412 g/mol. The molecule has 1 amide bonds. The SMILES string of the molecule is Cc1cccc(NS(=O)(=O)c2ccc(C(=O)N(C)CCOc3ccccc3)cc2)c1C. The van der Waals surface area contributed by atoms with Gasteiger partial charge in [-0.3, -0.25) is 9.52 Å². The first-order valence-electron chi connectivity index (χ1n) is 9.90. The zero-order valence-corrected chi connectivity index (χ0v) is 18.6. The predicted octanol–water partition coefficient (Wildman–Crippen LogP) is 4.26. The van der Waals surface area contributed by atoms with Crippen molar-refractivity contribution in [1.82, 2.24) is 4.90 Å². The highest BCUT2D eigenvalue weighted by molar-refractivity contribution is 7.92. The van der Waals surface area contributed by atoms with Crippen LogP contribution in [-0.2, 0) is 10.0 Å². The summed E-state index contributed by atoms with van der Waals surface area (Å²) in [6.45, 7) is 4.56. The van der Waals surface area contributed by atoms with Crippen molar-refractivity contribution in [3.05, 3.63) is 89.5 Å². The number of likely N-dealkylation sites (N-methyl/N-ethyl adjacent to an activating group) is 1. The molecule has 3 aromatic rings. The van der Waals surface area contributed by atoms with Gasteiger partial charge < -0.3 is 9.64 Å². The van der Waals surface area contributed by atoms with Crippen LogP contribution in [0, 0.1) is 13.8 Å². The van der Waals surface area contributed by atoms with Gasteiger partial charge in [0, 0.05) is 12.6 Å². The fraction of sp³-hybridized carbons (Fsp3) is 0.208. The van der Waals surface area contributed by atoms with Crippen molar-refractivity contribution in [3.8, 4) is 5.75 Å². The van der Waals surface area contributed by atoms with E-state index < -0.39 is 10.0 Å². The number of carbonyl (C=O) groups excluding carboxylic acids is 1. The van der Waals surface area contributed by atoms with Crippen molar-refractivity contribution in [1.29, 1.82) is 0 Å². The van der Waals surface area contributed by atoms with E-state index in [-0.39, 0.29) is 10.8 Å². The number of carbonyl (C=O) groups is 1. The maximum Gasteiger partial charge on any atom is 0.261 e. The van der Waals surface area contributed by atoms with E-state index in [4.69, 9.17) is 4.74 Å². The van der Waals surface area contributed by atoms with E-state index in [1.807, 2.05) is 50.2 Å². The molecule has 1 N–H and O–H groups in total. The molecule has 0 aliphatic rings. The van der Waals surface area contributed by atoms with Gasteiger partial charge in [-0.15, -0.1) is 0 Å². The number of ether oxygens (including phenoxy) is 1. The third-order valence-corrected chi connectivity index (χ3v) is 6.43. The molecule has 0 aliphatic heterocycles. The standard InChI is InChI=1S/C24H26N2O4S/c1-18-8-7-11-23(19(18)2)25-31(28,29)22-14-12-20(13-15-22)24(27)26(3)16-17-30-21-9-5-4-6-10-21/h4-15,25H,16-17H2,1-3H3. The van der Waals surface area contributed by atoms with Crippen LogP contribution >= 0.6 is 0 Å². The number of nitrogens with one attached hydrogen (secondary N) is 1. The third kappa shape index (κ3) is 5.64. The van der Waals surface area contributed by atoms with Crippen LogP contribution in [0.25, 0.3) is 0 Å². The van der Waals surface area contributed by atoms with Gasteiger partial charge in [-0.2, -0.15) is 0 Å². The second-order valence-corrected chi connectivity index (χ2v) is 8.95. The summed E-state index contributed by atoms with van der Waals surface area (Å²) in [4.78, 5) is 14.3. The Morgan fingerprint density at radius 1 is 0.935 bits per heavy atom. The summed E-state index contributed by atoms with van der Waals surface area (Å²) in [5.74, 6) is 0.539. The largest absolute Gasteiger partial charge is 0.492 e. The number of para-hydroxylation sites is 1. The molecule has 0 atom stereocenters. The van der Waals surface area contributed by atoms with Crippen LogP contribution in [0.3, 0.4) is 0 Å². The summed E-state index contributed by atoms with van der Waals surface area (Å²) in [5.41, 5.74) is 2.82. The Bertz CT molecular complexity index is 1140. The lowest BCUT2D eigenvalue weighted by Gasteiger charge is -2.18. The van der Waals surface area contributed by atoms with Crippen LogP contribution in [0.1, 0.15) is 21.5 Å². The highest BCUT2D eigenvalue weighted by Crippen LogP contribution is 2.22. The smallest absolute Gasteiger partial charge is 0.261 e.